The molecule has 4 aromatic heterocycles. The second-order valence-corrected chi connectivity index (χ2v) is 10.4. The van der Waals surface area contributed by atoms with E-state index < -0.39 is 17.9 Å². The molecule has 50 heavy (non-hydrogen) atoms. The Morgan fingerprint density at radius 3 is 1.46 bits per heavy atom. The number of fused-ring (bicyclic) bond motifs is 2. The van der Waals surface area contributed by atoms with E-state index >= 15 is 0 Å². The molecule has 0 aliphatic carbocycles. The Labute approximate surface area is 285 Å². The highest BCUT2D eigenvalue weighted by molar-refractivity contribution is 6.08. The van der Waals surface area contributed by atoms with Gasteiger partial charge in [-0.3, -0.25) is 9.97 Å². The Kier molecular flexibility index (Phi) is 12.0. The number of esters is 1. The number of benzene rings is 2. The van der Waals surface area contributed by atoms with E-state index in [1.807, 2.05) is 72.3 Å². The molecule has 0 spiro atoms. The molecule has 0 saturated carbocycles. The van der Waals surface area contributed by atoms with Crippen LogP contribution in [0.25, 0.3) is 21.8 Å². The summed E-state index contributed by atoms with van der Waals surface area (Å²) in [5.74, 6) is -3.81. The molecular weight excluding hydrogens is 644 g/mol. The largest absolute Gasteiger partial charge is 0.478 e. The predicted molar refractivity (Wildman–Crippen MR) is 188 cm³/mol. The Hall–Kier alpha value is -6.96. The highest BCUT2D eigenvalue weighted by Gasteiger charge is 2.22. The molecule has 0 bridgehead atoms. The number of carbonyl (C=O) groups excluding carboxylic acids is 1. The number of para-hydroxylation sites is 2. The number of carbonyl (C=O) groups is 4. The number of hydrogen-bond acceptors (Lipinski definition) is 9. The minimum absolute atomic E-state index is 0.239. The molecule has 6 aromatic rings. The average molecular weight is 679 g/mol. The number of aromatic carboxylic acids is 1. The van der Waals surface area contributed by atoms with Crippen LogP contribution in [0.4, 0.5) is 22.7 Å². The molecule has 0 amide bonds. The number of ether oxygens (including phenoxy) is 1. The Bertz CT molecular complexity index is 2140. The first kappa shape index (κ1) is 35.9. The summed E-state index contributed by atoms with van der Waals surface area (Å²) in [6.07, 6.45) is 7.85. The lowest BCUT2D eigenvalue weighted by atomic mass is 10.2. The molecule has 6 rings (SSSR count). The van der Waals surface area contributed by atoms with Gasteiger partial charge in [0.15, 0.2) is 11.4 Å². The smallest absolute Gasteiger partial charge is 0.357 e. The number of aryl methyl sites for hydroxylation is 2. The summed E-state index contributed by atoms with van der Waals surface area (Å²) in [5, 5.41) is 33.4. The summed E-state index contributed by atoms with van der Waals surface area (Å²) in [6, 6.07) is 22.8. The van der Waals surface area contributed by atoms with E-state index in [2.05, 4.69) is 20.6 Å². The van der Waals surface area contributed by atoms with Gasteiger partial charge >= 0.3 is 23.9 Å². The summed E-state index contributed by atoms with van der Waals surface area (Å²) < 4.78 is 8.74. The fourth-order valence-electron chi connectivity index (χ4n) is 5.03. The van der Waals surface area contributed by atoms with Gasteiger partial charge in [0, 0.05) is 73.2 Å². The molecule has 0 unspecified atom stereocenters. The third kappa shape index (κ3) is 8.68. The fraction of sp³-hybridized carbons (Fsp3) is 0.111. The standard InChI is InChI=1S/C17H17N3O2.C15H13N3O2.C4H4O4/c1-3-22-17(21)16-15(19-12-8-10-18-11-9-12)13-6-4-5-7-14(13)20(16)2;1-18-12-5-3-2-4-11(12)13(14(18)15(19)20)17-10-6-8-16-9-7-10;5-3(6)1-2-4(7)8/h4-11H,3H2,1-2H3,(H,18,19);2-9H,1H3,(H,16,17)(H,19,20);1-2H,(H,5,6)(H,7,8)/b;;2-1-. The van der Waals surface area contributed by atoms with Gasteiger partial charge in [-0.25, -0.2) is 19.2 Å². The molecule has 4 heterocycles. The molecule has 0 fully saturated rings. The number of nitrogens with zero attached hydrogens (tertiary/aromatic N) is 4. The Morgan fingerprint density at radius 1 is 0.660 bits per heavy atom. The van der Waals surface area contributed by atoms with Crippen molar-refractivity contribution >= 4 is 68.4 Å². The molecule has 256 valence electrons. The number of carboxylic acid groups (broad SMARTS) is 3. The highest BCUT2D eigenvalue weighted by atomic mass is 16.5. The van der Waals surface area contributed by atoms with Crippen LogP contribution in [0, 0.1) is 0 Å². The summed E-state index contributed by atoms with van der Waals surface area (Å²) in [7, 11) is 3.62. The van der Waals surface area contributed by atoms with Gasteiger partial charge in [0.1, 0.15) is 0 Å². The van der Waals surface area contributed by atoms with Crippen molar-refractivity contribution < 1.29 is 39.2 Å². The monoisotopic (exact) mass is 678 g/mol. The second kappa shape index (κ2) is 16.7. The van der Waals surface area contributed by atoms with Gasteiger partial charge < -0.3 is 39.8 Å². The van der Waals surface area contributed by atoms with Crippen molar-refractivity contribution in [1.82, 2.24) is 19.1 Å². The van der Waals surface area contributed by atoms with E-state index in [0.29, 0.717) is 30.1 Å². The van der Waals surface area contributed by atoms with Crippen LogP contribution < -0.4 is 10.6 Å². The molecule has 0 radical (unpaired) electrons. The van der Waals surface area contributed by atoms with Crippen LogP contribution in [0.1, 0.15) is 27.9 Å². The Morgan fingerprint density at radius 2 is 1.06 bits per heavy atom. The molecule has 2 aromatic carbocycles. The van der Waals surface area contributed by atoms with Crippen molar-refractivity contribution in [3.63, 3.8) is 0 Å². The summed E-state index contributed by atoms with van der Waals surface area (Å²) in [5.41, 5.74) is 5.63. The number of rotatable bonds is 9. The maximum Gasteiger partial charge on any atom is 0.357 e. The van der Waals surface area contributed by atoms with Crippen LogP contribution in [0.3, 0.4) is 0 Å². The minimum atomic E-state index is -1.26. The van der Waals surface area contributed by atoms with Crippen molar-refractivity contribution in [2.75, 3.05) is 17.2 Å². The first-order valence-electron chi connectivity index (χ1n) is 15.1. The first-order valence-corrected chi connectivity index (χ1v) is 15.1. The minimum Gasteiger partial charge on any atom is -0.478 e. The van der Waals surface area contributed by atoms with E-state index in [0.717, 1.165) is 38.9 Å². The van der Waals surface area contributed by atoms with Crippen molar-refractivity contribution in [3.8, 4) is 0 Å². The van der Waals surface area contributed by atoms with Crippen LogP contribution in [-0.4, -0.2) is 64.9 Å². The van der Waals surface area contributed by atoms with Gasteiger partial charge in [0.2, 0.25) is 0 Å². The number of hydrogen-bond donors (Lipinski definition) is 5. The lowest BCUT2D eigenvalue weighted by Crippen LogP contribution is -2.11. The van der Waals surface area contributed by atoms with Crippen molar-refractivity contribution in [3.05, 3.63) is 121 Å². The van der Waals surface area contributed by atoms with Gasteiger partial charge in [-0.2, -0.15) is 0 Å². The van der Waals surface area contributed by atoms with Crippen LogP contribution in [-0.2, 0) is 28.4 Å². The van der Waals surface area contributed by atoms with E-state index in [9.17, 15) is 24.3 Å². The third-order valence-corrected chi connectivity index (χ3v) is 7.15. The lowest BCUT2D eigenvalue weighted by molar-refractivity contribution is -0.134. The highest BCUT2D eigenvalue weighted by Crippen LogP contribution is 2.34. The zero-order valence-electron chi connectivity index (χ0n) is 27.3. The van der Waals surface area contributed by atoms with Gasteiger partial charge in [0.05, 0.1) is 29.0 Å². The lowest BCUT2D eigenvalue weighted by Gasteiger charge is -2.09. The zero-order valence-corrected chi connectivity index (χ0v) is 27.3. The molecular formula is C36H34N6O8. The number of aromatic nitrogens is 4. The summed E-state index contributed by atoms with van der Waals surface area (Å²) >= 11 is 0. The number of carboxylic acids is 3. The van der Waals surface area contributed by atoms with Gasteiger partial charge in [-0.1, -0.05) is 36.4 Å². The van der Waals surface area contributed by atoms with Crippen molar-refractivity contribution in [1.29, 1.82) is 0 Å². The molecule has 0 aliphatic rings. The van der Waals surface area contributed by atoms with E-state index in [4.69, 9.17) is 14.9 Å². The number of anilines is 4. The van der Waals surface area contributed by atoms with E-state index in [-0.39, 0.29) is 11.7 Å². The molecule has 0 aliphatic heterocycles. The van der Waals surface area contributed by atoms with Crippen molar-refractivity contribution in [2.24, 2.45) is 14.1 Å². The molecule has 0 saturated heterocycles. The maximum atomic E-state index is 12.4. The van der Waals surface area contributed by atoms with Crippen LogP contribution in [0.5, 0.6) is 0 Å². The van der Waals surface area contributed by atoms with Crippen LogP contribution in [0.15, 0.2) is 110 Å². The van der Waals surface area contributed by atoms with Gasteiger partial charge in [0.25, 0.3) is 0 Å². The van der Waals surface area contributed by atoms with E-state index in [1.54, 1.807) is 55.5 Å². The fourth-order valence-corrected chi connectivity index (χ4v) is 5.03. The first-order chi connectivity index (χ1) is 24.0. The maximum absolute atomic E-state index is 12.4. The van der Waals surface area contributed by atoms with Crippen molar-refractivity contribution in [2.45, 2.75) is 6.92 Å². The SMILES string of the molecule is CCOC(=O)c1c(Nc2ccncc2)c2ccccc2n1C.Cn1c(C(=O)O)c(Nc2ccncc2)c2ccccc21.O=C(O)/C=C\C(=O)O. The zero-order chi connectivity index (χ0) is 36.2. The second-order valence-electron chi connectivity index (χ2n) is 10.4. The van der Waals surface area contributed by atoms with Gasteiger partial charge in [-0.15, -0.1) is 0 Å². The molecule has 5 N–H and O–H groups in total. The van der Waals surface area contributed by atoms with Crippen LogP contribution in [0.2, 0.25) is 0 Å². The molecule has 0 atom stereocenters. The predicted octanol–water partition coefficient (Wildman–Crippen LogP) is 6.22. The number of nitrogens with one attached hydrogen (secondary N) is 2. The normalized spacial score (nSPS) is 10.5. The Balaban J connectivity index is 0.000000186. The quantitative estimate of drug-likeness (QED) is 0.0856. The van der Waals surface area contributed by atoms with Crippen LogP contribution >= 0.6 is 0 Å². The third-order valence-electron chi connectivity index (χ3n) is 7.15. The molecule has 14 nitrogen and oxygen atoms in total. The number of pyridine rings is 2. The topological polar surface area (TPSA) is 198 Å². The number of aliphatic carboxylic acids is 2. The molecule has 14 heteroatoms. The average Bonchev–Trinajstić information content (AvgIpc) is 3.55. The van der Waals surface area contributed by atoms with E-state index in [1.165, 1.54) is 0 Å². The summed E-state index contributed by atoms with van der Waals surface area (Å²) in [6.45, 7) is 2.14. The summed E-state index contributed by atoms with van der Waals surface area (Å²) in [4.78, 5) is 50.9. The van der Waals surface area contributed by atoms with Gasteiger partial charge in [-0.05, 0) is 43.3 Å².